The molecule has 1 unspecified atom stereocenters. The van der Waals surface area contributed by atoms with E-state index in [1.165, 1.54) is 158 Å². The third-order valence-electron chi connectivity index (χ3n) is 15.9. The van der Waals surface area contributed by atoms with Crippen LogP contribution in [-0.4, -0.2) is 128 Å². The van der Waals surface area contributed by atoms with E-state index in [1.54, 1.807) is 65.8 Å². The summed E-state index contributed by atoms with van der Waals surface area (Å²) in [6, 6.07) is 25.0. The van der Waals surface area contributed by atoms with E-state index in [2.05, 4.69) is 29.9 Å². The van der Waals surface area contributed by atoms with Crippen molar-refractivity contribution in [2.45, 2.75) is 54.7 Å². The van der Waals surface area contributed by atoms with Gasteiger partial charge in [-0.3, -0.25) is 64.0 Å². The molecule has 3 aromatic heterocycles. The first-order chi connectivity index (χ1) is 49.9. The van der Waals surface area contributed by atoms with Gasteiger partial charge < -0.3 is 28.4 Å². The number of non-ortho nitro benzene ring substituents is 3. The number of nitro benzene ring substituents is 3. The van der Waals surface area contributed by atoms with E-state index in [0.29, 0.717) is 67.0 Å². The molecule has 3 aliphatic rings. The highest BCUT2D eigenvalue weighted by Crippen LogP contribution is 2.50. The van der Waals surface area contributed by atoms with Crippen LogP contribution >= 0.6 is 69.9 Å². The number of ether oxygens (including phenoxy) is 6. The van der Waals surface area contributed by atoms with E-state index < -0.39 is 37.6 Å². The Morgan fingerprint density at radius 3 is 1.11 bits per heavy atom. The molecule has 540 valence electrons. The molecule has 0 saturated heterocycles. The molecule has 0 saturated carbocycles. The number of fused-ring (bicyclic) bond motifs is 3. The standard InChI is InChI=1S/C22H19Cl2N5O6S.C22H19Cl2N5O5S.C22H21N5O5S/c1-34-15-8-16(35-2)18(24)19(17(15)23)27-11-13-9-25-21(36(3)33)26-20(13)28(22(27)30)10-12-5-4-6-14(7-12)29(31)32;1-33-15-8-16(34-2)18(24)19(17(15)23)27-11-13-9-25-21(35-3)26-20(13)28(22(27)30)10-12-5-4-6-14(7-12)29(31)32;1-31-18-8-17(9-19(10-18)32-2)25-13-15-11-23-21(33-3)24-20(15)26(22(25)28)12-14-5-4-6-16(7-14)27(29)30/h4-9H,10-11H2,1-3H3;4-9H,10-11H2,1-3H3;4-11H,12-13H2,1-3H3. The molecule has 0 spiro atoms. The smallest absolute Gasteiger partial charge is 0.330 e. The van der Waals surface area contributed by atoms with Gasteiger partial charge in [-0.2, -0.15) is 0 Å². The number of aromatic nitrogens is 6. The number of amides is 6. The minimum absolute atomic E-state index is 0.00794. The summed E-state index contributed by atoms with van der Waals surface area (Å²) in [7, 11) is 7.29. The third kappa shape index (κ3) is 16.2. The van der Waals surface area contributed by atoms with E-state index in [9.17, 15) is 48.9 Å². The predicted octanol–water partition coefficient (Wildman–Crippen LogP) is 14.4. The van der Waals surface area contributed by atoms with E-state index in [-0.39, 0.29) is 128 Å². The Hall–Kier alpha value is -10.6. The Bertz CT molecular complexity index is 4830. The molecule has 0 fully saturated rings. The second-order valence-corrected chi connectivity index (χ2v) is 26.4. The number of thioether (sulfide) groups is 2. The van der Waals surface area contributed by atoms with Gasteiger partial charge in [-0.05, 0) is 29.2 Å². The van der Waals surface area contributed by atoms with Crippen molar-refractivity contribution in [2.75, 3.05) is 90.8 Å². The molecule has 104 heavy (non-hydrogen) atoms. The summed E-state index contributed by atoms with van der Waals surface area (Å²) in [5.41, 5.74) is 4.22. The predicted molar refractivity (Wildman–Crippen MR) is 393 cm³/mol. The average Bonchev–Trinajstić information content (AvgIpc) is 0.759. The molecule has 9 aromatic rings. The summed E-state index contributed by atoms with van der Waals surface area (Å²) in [5, 5.41) is 35.2. The summed E-state index contributed by atoms with van der Waals surface area (Å²) >= 11 is 29.0. The summed E-state index contributed by atoms with van der Waals surface area (Å²) in [5.74, 6) is 3.24. The van der Waals surface area contributed by atoms with Crippen molar-refractivity contribution < 1.29 is 61.8 Å². The number of carbonyl (C=O) groups excluding carboxylic acids is 3. The van der Waals surface area contributed by atoms with Crippen LogP contribution in [0.15, 0.2) is 137 Å². The second kappa shape index (κ2) is 33.2. The van der Waals surface area contributed by atoms with E-state index in [0.717, 1.165) is 5.56 Å². The van der Waals surface area contributed by atoms with Crippen LogP contribution in [0.1, 0.15) is 33.4 Å². The van der Waals surface area contributed by atoms with Crippen molar-refractivity contribution in [2.24, 2.45) is 0 Å². The number of nitrogens with zero attached hydrogens (tertiary/aromatic N) is 15. The zero-order chi connectivity index (χ0) is 75.0. The van der Waals surface area contributed by atoms with E-state index in [1.807, 2.05) is 12.5 Å². The molecule has 38 heteroatoms. The van der Waals surface area contributed by atoms with E-state index in [4.69, 9.17) is 74.8 Å². The maximum Gasteiger partial charge on any atom is 0.330 e. The van der Waals surface area contributed by atoms with E-state index >= 15 is 0 Å². The first-order valence-corrected chi connectivity index (χ1v) is 35.8. The fourth-order valence-corrected chi connectivity index (χ4v) is 13.4. The lowest BCUT2D eigenvalue weighted by Crippen LogP contribution is -2.48. The maximum absolute atomic E-state index is 13.9. The summed E-state index contributed by atoms with van der Waals surface area (Å²) in [4.78, 5) is 109. The van der Waals surface area contributed by atoms with Crippen molar-refractivity contribution >= 4 is 150 Å². The molecule has 6 heterocycles. The summed E-state index contributed by atoms with van der Waals surface area (Å²) in [6.07, 6.45) is 9.90. The van der Waals surface area contributed by atoms with Crippen LogP contribution in [0.5, 0.6) is 34.5 Å². The molecule has 3 aliphatic heterocycles. The molecule has 31 nitrogen and oxygen atoms in total. The number of methoxy groups -OCH3 is 6. The van der Waals surface area contributed by atoms with Crippen LogP contribution in [0.4, 0.5) is 66.0 Å². The SMILES string of the molecule is COc1cc(OC)c(Cl)c(N2Cc3cnc(S(C)=O)nc3N(Cc3cccc([N+](=O)[O-])c3)C2=O)c1Cl.COc1cc(OC)c(Cl)c(N2Cc3cnc(SC)nc3N(Cc3cccc([N+](=O)[O-])c3)C2=O)c1Cl.COc1cc(OC)cc(N2Cc3cnc(SC)nc3N(Cc3cccc([N+](=O)[O-])c3)C2=O)c1. The molecule has 6 aromatic carbocycles. The number of urea groups is 3. The third-order valence-corrected chi connectivity index (χ3v) is 19.2. The Balaban J connectivity index is 0.000000168. The van der Waals surface area contributed by atoms with Gasteiger partial charge in [-0.15, -0.1) is 0 Å². The number of nitro groups is 3. The molecule has 0 N–H and O–H groups in total. The lowest BCUT2D eigenvalue weighted by molar-refractivity contribution is -0.385. The van der Waals surface area contributed by atoms with Gasteiger partial charge in [0.1, 0.15) is 72.0 Å². The molecule has 6 amide bonds. The fourth-order valence-electron chi connectivity index (χ4n) is 10.9. The Kier molecular flexibility index (Phi) is 24.3. The Morgan fingerprint density at radius 2 is 0.788 bits per heavy atom. The van der Waals surface area contributed by atoms with Crippen LogP contribution < -0.4 is 57.8 Å². The quantitative estimate of drug-likeness (QED) is 0.0279. The second-order valence-electron chi connectivity index (χ2n) is 22.1. The average molecular weight is 1560 g/mol. The molecular formula is C66H59Cl4N15O16S3. The van der Waals surface area contributed by atoms with Crippen LogP contribution in [0.2, 0.25) is 20.1 Å². The number of anilines is 6. The van der Waals surface area contributed by atoms with Gasteiger partial charge in [0, 0.05) is 108 Å². The molecule has 0 aliphatic carbocycles. The zero-order valence-corrected chi connectivity index (χ0v) is 61.7. The lowest BCUT2D eigenvalue weighted by Gasteiger charge is -2.37. The fraction of sp³-hybridized carbons (Fsp3) is 0.227. The zero-order valence-electron chi connectivity index (χ0n) is 56.3. The van der Waals surface area contributed by atoms with Gasteiger partial charge in [-0.25, -0.2) is 44.3 Å². The van der Waals surface area contributed by atoms with Gasteiger partial charge in [0.25, 0.3) is 17.1 Å². The Morgan fingerprint density at radius 1 is 0.462 bits per heavy atom. The summed E-state index contributed by atoms with van der Waals surface area (Å²) in [6.45, 7) is 0.384. The van der Waals surface area contributed by atoms with Crippen molar-refractivity contribution in [3.8, 4) is 34.5 Å². The highest BCUT2D eigenvalue weighted by atomic mass is 35.5. The first-order valence-electron chi connectivity index (χ1n) is 30.3. The normalized spacial score (nSPS) is 13.3. The highest BCUT2D eigenvalue weighted by molar-refractivity contribution is 7.98. The maximum atomic E-state index is 13.9. The van der Waals surface area contributed by atoms with Gasteiger partial charge in [0.2, 0.25) is 5.16 Å². The van der Waals surface area contributed by atoms with Crippen LogP contribution in [0, 0.1) is 30.3 Å². The highest BCUT2D eigenvalue weighted by Gasteiger charge is 2.40. The largest absolute Gasteiger partial charge is 0.497 e. The van der Waals surface area contributed by atoms with Crippen molar-refractivity contribution in [1.82, 2.24) is 29.9 Å². The van der Waals surface area contributed by atoms with Gasteiger partial charge in [0.15, 0.2) is 10.3 Å². The topological polar surface area (TPSA) is 350 Å². The Labute approximate surface area is 623 Å². The number of halogens is 4. The molecule has 12 rings (SSSR count). The van der Waals surface area contributed by atoms with Crippen LogP contribution in [0.3, 0.4) is 0 Å². The summed E-state index contributed by atoms with van der Waals surface area (Å²) < 4.78 is 44.1. The number of hydrogen-bond donors (Lipinski definition) is 0. The molecule has 0 bridgehead atoms. The first kappa shape index (κ1) is 76.0. The molecule has 0 radical (unpaired) electrons. The van der Waals surface area contributed by atoms with Crippen molar-refractivity contribution in [3.05, 3.63) is 206 Å². The number of hydrogen-bond acceptors (Lipinski definition) is 24. The number of carbonyl (C=O) groups is 3. The molecule has 1 atom stereocenters. The van der Waals surface area contributed by atoms with Crippen molar-refractivity contribution in [1.29, 1.82) is 0 Å². The van der Waals surface area contributed by atoms with Gasteiger partial charge >= 0.3 is 18.1 Å². The minimum Gasteiger partial charge on any atom is -0.497 e. The number of benzene rings is 6. The monoisotopic (exact) mass is 1550 g/mol. The lowest BCUT2D eigenvalue weighted by atomic mass is 10.1. The van der Waals surface area contributed by atoms with Gasteiger partial charge in [-0.1, -0.05) is 106 Å². The minimum atomic E-state index is -1.51. The number of rotatable bonds is 21. The van der Waals surface area contributed by atoms with Crippen LogP contribution in [-0.2, 0) is 50.1 Å². The van der Waals surface area contributed by atoms with Crippen molar-refractivity contribution in [3.63, 3.8) is 0 Å². The van der Waals surface area contributed by atoms with Gasteiger partial charge in [0.05, 0.1) is 125 Å². The van der Waals surface area contributed by atoms with Crippen LogP contribution in [0.25, 0.3) is 0 Å². The molecular weight excluding hydrogens is 1500 g/mol.